The highest BCUT2D eigenvalue weighted by Crippen LogP contribution is 2.26. The number of aromatic nitrogens is 2. The molecule has 1 aliphatic rings. The van der Waals surface area contributed by atoms with Gasteiger partial charge in [0.25, 0.3) is 0 Å². The molecule has 0 amide bonds. The number of anilines is 1. The average molecular weight is 220 g/mol. The molecule has 0 radical (unpaired) electrons. The molecule has 0 aromatic carbocycles. The van der Waals surface area contributed by atoms with Crippen LogP contribution in [0.25, 0.3) is 0 Å². The molecule has 1 aliphatic heterocycles. The van der Waals surface area contributed by atoms with E-state index < -0.39 is 0 Å². The van der Waals surface area contributed by atoms with Gasteiger partial charge in [0.2, 0.25) is 0 Å². The molecule has 4 heteroatoms. The highest BCUT2D eigenvalue weighted by Gasteiger charge is 2.21. The SMILES string of the molecule is CCCCC1NC(C)CNc2ncncc21. The van der Waals surface area contributed by atoms with Crippen LogP contribution in [0.15, 0.2) is 12.5 Å². The molecule has 2 atom stereocenters. The third-order valence-electron chi connectivity index (χ3n) is 3.02. The van der Waals surface area contributed by atoms with Gasteiger partial charge < -0.3 is 10.6 Å². The van der Waals surface area contributed by atoms with E-state index in [0.717, 1.165) is 18.8 Å². The summed E-state index contributed by atoms with van der Waals surface area (Å²) in [4.78, 5) is 8.44. The maximum Gasteiger partial charge on any atom is 0.134 e. The molecule has 2 heterocycles. The van der Waals surface area contributed by atoms with Gasteiger partial charge in [0, 0.05) is 30.4 Å². The Kier molecular flexibility index (Phi) is 3.72. The van der Waals surface area contributed by atoms with E-state index in [4.69, 9.17) is 0 Å². The van der Waals surface area contributed by atoms with E-state index in [1.807, 2.05) is 6.20 Å². The highest BCUT2D eigenvalue weighted by molar-refractivity contribution is 5.45. The van der Waals surface area contributed by atoms with Crippen LogP contribution in [-0.4, -0.2) is 22.6 Å². The number of unbranched alkanes of at least 4 members (excludes halogenated alkanes) is 1. The minimum Gasteiger partial charge on any atom is -0.368 e. The molecule has 2 unspecified atom stereocenters. The smallest absolute Gasteiger partial charge is 0.134 e. The predicted octanol–water partition coefficient (Wildman–Crippen LogP) is 2.11. The fourth-order valence-electron chi connectivity index (χ4n) is 2.13. The van der Waals surface area contributed by atoms with Crippen molar-refractivity contribution in [1.82, 2.24) is 15.3 Å². The average Bonchev–Trinajstić information content (AvgIpc) is 2.47. The summed E-state index contributed by atoms with van der Waals surface area (Å²) in [5, 5.41) is 6.99. The molecule has 4 nitrogen and oxygen atoms in total. The van der Waals surface area contributed by atoms with Gasteiger partial charge in [-0.1, -0.05) is 19.8 Å². The summed E-state index contributed by atoms with van der Waals surface area (Å²) in [5.74, 6) is 0.993. The summed E-state index contributed by atoms with van der Waals surface area (Å²) in [6.45, 7) is 5.35. The Labute approximate surface area is 96.9 Å². The molecule has 1 aromatic rings. The molecule has 0 aliphatic carbocycles. The number of hydrogen-bond acceptors (Lipinski definition) is 4. The quantitative estimate of drug-likeness (QED) is 0.819. The second kappa shape index (κ2) is 5.25. The first-order valence-corrected chi connectivity index (χ1v) is 6.11. The summed E-state index contributed by atoms with van der Waals surface area (Å²) >= 11 is 0. The number of rotatable bonds is 3. The van der Waals surface area contributed by atoms with Crippen LogP contribution in [-0.2, 0) is 0 Å². The largest absolute Gasteiger partial charge is 0.368 e. The Hall–Kier alpha value is -1.16. The van der Waals surface area contributed by atoms with Crippen molar-refractivity contribution < 1.29 is 0 Å². The topological polar surface area (TPSA) is 49.8 Å². The van der Waals surface area contributed by atoms with Crippen LogP contribution in [0.2, 0.25) is 0 Å². The van der Waals surface area contributed by atoms with Crippen LogP contribution in [0.1, 0.15) is 44.7 Å². The standard InChI is InChI=1S/C12H20N4/c1-3-4-5-11-10-7-13-8-15-12(10)14-6-9(2)16-11/h7-9,11,16H,3-6H2,1-2H3,(H,13,14,15). The second-order valence-electron chi connectivity index (χ2n) is 4.47. The van der Waals surface area contributed by atoms with Crippen molar-refractivity contribution in [3.05, 3.63) is 18.1 Å². The second-order valence-corrected chi connectivity index (χ2v) is 4.47. The van der Waals surface area contributed by atoms with Crippen molar-refractivity contribution in [2.45, 2.75) is 45.2 Å². The molecular weight excluding hydrogens is 200 g/mol. The number of nitrogens with one attached hydrogen (secondary N) is 2. The van der Waals surface area contributed by atoms with E-state index in [2.05, 4.69) is 34.4 Å². The zero-order valence-electron chi connectivity index (χ0n) is 10.0. The first-order valence-electron chi connectivity index (χ1n) is 6.11. The predicted molar refractivity (Wildman–Crippen MR) is 65.4 cm³/mol. The van der Waals surface area contributed by atoms with Crippen LogP contribution in [0.3, 0.4) is 0 Å². The van der Waals surface area contributed by atoms with E-state index in [1.54, 1.807) is 6.33 Å². The van der Waals surface area contributed by atoms with Gasteiger partial charge >= 0.3 is 0 Å². The molecule has 0 bridgehead atoms. The lowest BCUT2D eigenvalue weighted by molar-refractivity contribution is 0.440. The van der Waals surface area contributed by atoms with Crippen molar-refractivity contribution in [2.24, 2.45) is 0 Å². The zero-order chi connectivity index (χ0) is 11.4. The number of fused-ring (bicyclic) bond motifs is 1. The van der Waals surface area contributed by atoms with E-state index in [9.17, 15) is 0 Å². The lowest BCUT2D eigenvalue weighted by Gasteiger charge is -2.19. The van der Waals surface area contributed by atoms with Gasteiger partial charge in [0.05, 0.1) is 0 Å². The lowest BCUT2D eigenvalue weighted by atomic mass is 10.0. The normalized spacial score (nSPS) is 24.4. The van der Waals surface area contributed by atoms with E-state index in [-0.39, 0.29) is 0 Å². The Morgan fingerprint density at radius 2 is 2.38 bits per heavy atom. The maximum absolute atomic E-state index is 4.31. The number of hydrogen-bond donors (Lipinski definition) is 2. The summed E-state index contributed by atoms with van der Waals surface area (Å²) < 4.78 is 0. The summed E-state index contributed by atoms with van der Waals surface area (Å²) in [7, 11) is 0. The minimum absolute atomic E-state index is 0.390. The first-order chi connectivity index (χ1) is 7.81. The summed E-state index contributed by atoms with van der Waals surface area (Å²) in [5.41, 5.74) is 1.21. The summed E-state index contributed by atoms with van der Waals surface area (Å²) in [6.07, 6.45) is 7.16. The summed E-state index contributed by atoms with van der Waals surface area (Å²) in [6, 6.07) is 0.859. The molecule has 0 saturated carbocycles. The zero-order valence-corrected chi connectivity index (χ0v) is 10.0. The molecule has 16 heavy (non-hydrogen) atoms. The van der Waals surface area contributed by atoms with Gasteiger partial charge in [0.15, 0.2) is 0 Å². The third-order valence-corrected chi connectivity index (χ3v) is 3.02. The van der Waals surface area contributed by atoms with Gasteiger partial charge in [-0.05, 0) is 13.3 Å². The van der Waals surface area contributed by atoms with Crippen LogP contribution in [0, 0.1) is 0 Å². The molecule has 1 aromatic heterocycles. The molecule has 2 N–H and O–H groups in total. The van der Waals surface area contributed by atoms with Crippen LogP contribution >= 0.6 is 0 Å². The van der Waals surface area contributed by atoms with Crippen LogP contribution < -0.4 is 10.6 Å². The van der Waals surface area contributed by atoms with Crippen LogP contribution in [0.4, 0.5) is 5.82 Å². The highest BCUT2D eigenvalue weighted by atomic mass is 15.1. The van der Waals surface area contributed by atoms with Crippen molar-refractivity contribution >= 4 is 5.82 Å². The van der Waals surface area contributed by atoms with Crippen LogP contribution in [0.5, 0.6) is 0 Å². The van der Waals surface area contributed by atoms with Gasteiger partial charge in [0.1, 0.15) is 12.1 Å². The van der Waals surface area contributed by atoms with Gasteiger partial charge in [-0.2, -0.15) is 0 Å². The Morgan fingerprint density at radius 3 is 3.19 bits per heavy atom. The van der Waals surface area contributed by atoms with Crippen molar-refractivity contribution in [2.75, 3.05) is 11.9 Å². The fourth-order valence-corrected chi connectivity index (χ4v) is 2.13. The van der Waals surface area contributed by atoms with Crippen molar-refractivity contribution in [3.63, 3.8) is 0 Å². The van der Waals surface area contributed by atoms with Crippen molar-refractivity contribution in [3.8, 4) is 0 Å². The molecule has 2 rings (SSSR count). The molecule has 0 saturated heterocycles. The Morgan fingerprint density at radius 1 is 1.50 bits per heavy atom. The lowest BCUT2D eigenvalue weighted by Crippen LogP contribution is -2.32. The molecule has 0 fully saturated rings. The van der Waals surface area contributed by atoms with Gasteiger partial charge in [-0.25, -0.2) is 9.97 Å². The molecular formula is C12H20N4. The monoisotopic (exact) mass is 220 g/mol. The molecule has 88 valence electrons. The van der Waals surface area contributed by atoms with E-state index >= 15 is 0 Å². The van der Waals surface area contributed by atoms with E-state index in [1.165, 1.54) is 18.4 Å². The Bertz CT molecular complexity index is 340. The number of nitrogens with zero attached hydrogens (tertiary/aromatic N) is 2. The third kappa shape index (κ3) is 2.50. The fraction of sp³-hybridized carbons (Fsp3) is 0.667. The minimum atomic E-state index is 0.390. The molecule has 0 spiro atoms. The van der Waals surface area contributed by atoms with Crippen molar-refractivity contribution in [1.29, 1.82) is 0 Å². The van der Waals surface area contributed by atoms with Gasteiger partial charge in [-0.15, -0.1) is 0 Å². The maximum atomic E-state index is 4.31. The van der Waals surface area contributed by atoms with Gasteiger partial charge in [-0.3, -0.25) is 0 Å². The van der Waals surface area contributed by atoms with E-state index in [0.29, 0.717) is 12.1 Å². The Balaban J connectivity index is 2.20. The first kappa shape index (κ1) is 11.3.